The second-order valence-corrected chi connectivity index (χ2v) is 2.56. The van der Waals surface area contributed by atoms with E-state index < -0.39 is 6.23 Å². The summed E-state index contributed by atoms with van der Waals surface area (Å²) in [4.78, 5) is 0. The van der Waals surface area contributed by atoms with Gasteiger partial charge in [-0.1, -0.05) is 30.3 Å². The minimum Gasteiger partial charge on any atom is -0.310 e. The number of hydrogen-bond acceptors (Lipinski definition) is 2. The summed E-state index contributed by atoms with van der Waals surface area (Å²) in [6.45, 7) is 0.0850. The van der Waals surface area contributed by atoms with E-state index in [0.717, 1.165) is 12.7 Å². The summed E-state index contributed by atoms with van der Waals surface area (Å²) in [7, 11) is 0.956. The van der Waals surface area contributed by atoms with Crippen LogP contribution in [0.3, 0.4) is 0 Å². The Hall–Kier alpha value is -1.00. The molecule has 0 unspecified atom stereocenters. The second-order valence-electron chi connectivity index (χ2n) is 2.56. The van der Waals surface area contributed by atoms with Gasteiger partial charge in [0.1, 0.15) is 0 Å². The van der Waals surface area contributed by atoms with E-state index in [1.54, 1.807) is 24.3 Å². The molecule has 0 atom stereocenters. The van der Waals surface area contributed by atoms with E-state index in [9.17, 15) is 8.78 Å². The van der Waals surface area contributed by atoms with E-state index in [1.807, 2.05) is 11.4 Å². The van der Waals surface area contributed by atoms with Gasteiger partial charge in [-0.25, -0.2) is 5.32 Å². The first-order chi connectivity index (χ1) is 6.14. The molecular formula is C9H11F2NO. The van der Waals surface area contributed by atoms with Crippen molar-refractivity contribution in [3.8, 4) is 0 Å². The van der Waals surface area contributed by atoms with Crippen molar-refractivity contribution in [3.05, 3.63) is 35.9 Å². The Labute approximate surface area is 75.5 Å². The van der Waals surface area contributed by atoms with Crippen LogP contribution in [0.1, 0.15) is 5.56 Å². The predicted octanol–water partition coefficient (Wildman–Crippen LogP) is 1.97. The molecule has 0 aromatic heterocycles. The van der Waals surface area contributed by atoms with Crippen LogP contribution in [0, 0.1) is 0 Å². The highest BCUT2D eigenvalue weighted by molar-refractivity contribution is 5.14. The first kappa shape index (κ1) is 10.1. The molecule has 2 nitrogen and oxygen atoms in total. The fourth-order valence-electron chi connectivity index (χ4n) is 0.873. The Morgan fingerprint density at radius 3 is 2.46 bits per heavy atom. The van der Waals surface area contributed by atoms with Crippen molar-refractivity contribution in [1.82, 2.24) is 5.32 Å². The molecule has 0 aliphatic rings. The summed E-state index contributed by atoms with van der Waals surface area (Å²) < 4.78 is 28.9. The van der Waals surface area contributed by atoms with Gasteiger partial charge < -0.3 is 4.74 Å². The molecule has 72 valence electrons. The van der Waals surface area contributed by atoms with Crippen LogP contribution >= 0.6 is 0 Å². The van der Waals surface area contributed by atoms with Gasteiger partial charge in [0.15, 0.2) is 0 Å². The van der Waals surface area contributed by atoms with Crippen LogP contribution in [0.15, 0.2) is 30.3 Å². The molecule has 0 spiro atoms. The molecule has 0 radical (unpaired) electrons. The van der Waals surface area contributed by atoms with Crippen molar-refractivity contribution >= 4 is 0 Å². The fourth-order valence-corrected chi connectivity index (χ4v) is 0.873. The molecule has 0 fully saturated rings. The average Bonchev–Trinajstić information content (AvgIpc) is 2.17. The van der Waals surface area contributed by atoms with Gasteiger partial charge in [0.25, 0.3) is 0 Å². The lowest BCUT2D eigenvalue weighted by molar-refractivity contribution is -0.245. The molecule has 1 rings (SSSR count). The van der Waals surface area contributed by atoms with Crippen molar-refractivity contribution in [2.45, 2.75) is 12.8 Å². The fraction of sp³-hybridized carbons (Fsp3) is 0.333. The van der Waals surface area contributed by atoms with Gasteiger partial charge in [0.2, 0.25) is 0 Å². The zero-order valence-corrected chi connectivity index (χ0v) is 7.26. The molecule has 1 aromatic rings. The third-order valence-electron chi connectivity index (χ3n) is 1.60. The normalized spacial score (nSPS) is 11.6. The van der Waals surface area contributed by atoms with Crippen LogP contribution in [0.5, 0.6) is 0 Å². The van der Waals surface area contributed by atoms with Gasteiger partial charge in [-0.3, -0.25) is 0 Å². The maximum atomic E-state index is 12.5. The lowest BCUT2D eigenvalue weighted by Crippen LogP contribution is -2.37. The van der Waals surface area contributed by atoms with E-state index in [2.05, 4.69) is 4.74 Å². The molecule has 0 heterocycles. The van der Waals surface area contributed by atoms with Crippen LogP contribution in [-0.2, 0) is 11.3 Å². The van der Waals surface area contributed by atoms with Crippen molar-refractivity contribution < 1.29 is 13.5 Å². The van der Waals surface area contributed by atoms with E-state index in [-0.39, 0.29) is 6.54 Å². The number of nitrogens with one attached hydrogen (secondary N) is 1. The number of hydrogen-bond donors (Lipinski definition) is 1. The van der Waals surface area contributed by atoms with Gasteiger partial charge in [-0.15, -0.1) is 0 Å². The van der Waals surface area contributed by atoms with E-state index in [1.165, 1.54) is 0 Å². The molecule has 0 saturated carbocycles. The zero-order chi connectivity index (χ0) is 9.73. The highest BCUT2D eigenvalue weighted by atomic mass is 19.3. The maximum absolute atomic E-state index is 12.5. The minimum atomic E-state index is -3.25. The largest absolute Gasteiger partial charge is 0.422 e. The van der Waals surface area contributed by atoms with Gasteiger partial charge in [-0.05, 0) is 5.56 Å². The monoisotopic (exact) mass is 187 g/mol. The zero-order valence-electron chi connectivity index (χ0n) is 7.26. The van der Waals surface area contributed by atoms with Crippen LogP contribution in [0.25, 0.3) is 0 Å². The van der Waals surface area contributed by atoms with Crippen LogP contribution in [-0.4, -0.2) is 13.3 Å². The molecule has 0 amide bonds. The number of methoxy groups -OCH3 is 1. The SMILES string of the molecule is COC(F)(F)NCc1ccccc1. The average molecular weight is 187 g/mol. The smallest absolute Gasteiger partial charge is 0.310 e. The predicted molar refractivity (Wildman–Crippen MR) is 45.2 cm³/mol. The Morgan fingerprint density at radius 2 is 1.92 bits per heavy atom. The Balaban J connectivity index is 2.44. The number of benzene rings is 1. The molecule has 0 bridgehead atoms. The lowest BCUT2D eigenvalue weighted by atomic mass is 10.2. The Morgan fingerprint density at radius 1 is 1.31 bits per heavy atom. The quantitative estimate of drug-likeness (QED) is 0.574. The van der Waals surface area contributed by atoms with Crippen molar-refractivity contribution in [2.75, 3.05) is 7.11 Å². The van der Waals surface area contributed by atoms with Crippen LogP contribution in [0.2, 0.25) is 0 Å². The lowest BCUT2D eigenvalue weighted by Gasteiger charge is -2.14. The van der Waals surface area contributed by atoms with Gasteiger partial charge in [-0.2, -0.15) is 8.78 Å². The number of alkyl halides is 2. The number of ether oxygens (including phenoxy) is 1. The molecular weight excluding hydrogens is 176 g/mol. The standard InChI is InChI=1S/C9H11F2NO/c1-13-9(10,11)12-7-8-5-3-2-4-6-8/h2-6,12H,7H2,1H3. The van der Waals surface area contributed by atoms with Crippen LogP contribution < -0.4 is 5.32 Å². The molecule has 13 heavy (non-hydrogen) atoms. The third-order valence-corrected chi connectivity index (χ3v) is 1.60. The first-order valence-corrected chi connectivity index (χ1v) is 3.86. The summed E-state index contributed by atoms with van der Waals surface area (Å²) in [5.41, 5.74) is 0.791. The number of halogens is 2. The van der Waals surface area contributed by atoms with E-state index >= 15 is 0 Å². The Kier molecular flexibility index (Phi) is 3.33. The molecule has 1 aromatic carbocycles. The number of rotatable bonds is 4. The van der Waals surface area contributed by atoms with Crippen LogP contribution in [0.4, 0.5) is 8.78 Å². The molecule has 0 saturated heterocycles. The van der Waals surface area contributed by atoms with E-state index in [4.69, 9.17) is 0 Å². The van der Waals surface area contributed by atoms with E-state index in [0.29, 0.717) is 0 Å². The Bertz CT molecular complexity index is 251. The molecule has 0 aliphatic heterocycles. The summed E-state index contributed by atoms with van der Waals surface area (Å²) >= 11 is 0. The summed E-state index contributed by atoms with van der Waals surface area (Å²) in [5.74, 6) is 0. The third kappa shape index (κ3) is 3.48. The van der Waals surface area contributed by atoms with Gasteiger partial charge in [0.05, 0.1) is 0 Å². The van der Waals surface area contributed by atoms with Crippen molar-refractivity contribution in [1.29, 1.82) is 0 Å². The first-order valence-electron chi connectivity index (χ1n) is 3.86. The maximum Gasteiger partial charge on any atom is 0.422 e. The summed E-state index contributed by atoms with van der Waals surface area (Å²) in [6.07, 6.45) is -3.25. The molecule has 4 heteroatoms. The van der Waals surface area contributed by atoms with Gasteiger partial charge in [0, 0.05) is 13.7 Å². The summed E-state index contributed by atoms with van der Waals surface area (Å²) in [5, 5.41) is 1.97. The van der Waals surface area contributed by atoms with Crippen molar-refractivity contribution in [3.63, 3.8) is 0 Å². The molecule has 0 aliphatic carbocycles. The second kappa shape index (κ2) is 4.30. The van der Waals surface area contributed by atoms with Crippen molar-refractivity contribution in [2.24, 2.45) is 0 Å². The van der Waals surface area contributed by atoms with Gasteiger partial charge >= 0.3 is 6.23 Å². The highest BCUT2D eigenvalue weighted by Gasteiger charge is 2.26. The summed E-state index contributed by atoms with van der Waals surface area (Å²) in [6, 6.07) is 8.94. The minimum absolute atomic E-state index is 0.0850. The molecule has 1 N–H and O–H groups in total. The topological polar surface area (TPSA) is 21.3 Å². The highest BCUT2D eigenvalue weighted by Crippen LogP contribution is 2.10.